The minimum absolute atomic E-state index is 0.135. The van der Waals surface area contributed by atoms with E-state index < -0.39 is 0 Å². The van der Waals surface area contributed by atoms with Crippen molar-refractivity contribution in [2.45, 2.75) is 26.3 Å². The second-order valence-electron chi connectivity index (χ2n) is 4.78. The van der Waals surface area contributed by atoms with Crippen molar-refractivity contribution in [2.75, 3.05) is 6.54 Å². The predicted molar refractivity (Wildman–Crippen MR) is 82.2 cm³/mol. The van der Waals surface area contributed by atoms with Crippen LogP contribution < -0.4 is 5.32 Å². The van der Waals surface area contributed by atoms with Gasteiger partial charge < -0.3 is 5.32 Å². The lowest BCUT2D eigenvalue weighted by atomic mass is 10.0. The van der Waals surface area contributed by atoms with Gasteiger partial charge in [0.15, 0.2) is 0 Å². The third kappa shape index (κ3) is 3.25. The highest BCUT2D eigenvalue weighted by Crippen LogP contribution is 2.30. The molecule has 0 aliphatic rings. The smallest absolute Gasteiger partial charge is 0.0839 e. The van der Waals surface area contributed by atoms with Gasteiger partial charge in [0.1, 0.15) is 0 Å². The Morgan fingerprint density at radius 1 is 1.37 bits per heavy atom. The van der Waals surface area contributed by atoms with E-state index in [1.54, 1.807) is 0 Å². The minimum atomic E-state index is 0.135. The summed E-state index contributed by atoms with van der Waals surface area (Å²) in [7, 11) is 1.95. The summed E-state index contributed by atoms with van der Waals surface area (Å²) in [5.74, 6) is 0. The molecule has 0 fully saturated rings. The molecule has 1 aromatic carbocycles. The number of rotatable bonds is 5. The van der Waals surface area contributed by atoms with Crippen molar-refractivity contribution < 1.29 is 0 Å². The molecule has 19 heavy (non-hydrogen) atoms. The zero-order valence-electron chi connectivity index (χ0n) is 11.7. The zero-order chi connectivity index (χ0) is 13.8. The topological polar surface area (TPSA) is 29.9 Å². The first-order chi connectivity index (χ1) is 9.13. The monoisotopic (exact) mass is 321 g/mol. The largest absolute Gasteiger partial charge is 0.305 e. The Balaban J connectivity index is 2.39. The van der Waals surface area contributed by atoms with E-state index in [1.165, 1.54) is 11.1 Å². The molecule has 0 aliphatic carbocycles. The van der Waals surface area contributed by atoms with Crippen LogP contribution in [0.25, 0.3) is 0 Å². The summed E-state index contributed by atoms with van der Waals surface area (Å²) in [4.78, 5) is 0. The molecule has 0 saturated carbocycles. The average Bonchev–Trinajstić information content (AvgIpc) is 2.81. The SMILES string of the molecule is CCCNC(c1ccn(C)n1)c1cccc(C)c1Br. The minimum Gasteiger partial charge on any atom is -0.305 e. The molecule has 4 heteroatoms. The molecule has 1 aromatic heterocycles. The third-order valence-corrected chi connectivity index (χ3v) is 4.24. The molecule has 2 rings (SSSR count). The van der Waals surface area contributed by atoms with E-state index >= 15 is 0 Å². The molecular weight excluding hydrogens is 302 g/mol. The summed E-state index contributed by atoms with van der Waals surface area (Å²) in [6.45, 7) is 5.26. The molecule has 1 heterocycles. The van der Waals surface area contributed by atoms with Crippen LogP contribution in [-0.2, 0) is 7.05 Å². The molecule has 0 radical (unpaired) electrons. The number of aryl methyl sites for hydroxylation is 2. The highest BCUT2D eigenvalue weighted by molar-refractivity contribution is 9.10. The maximum Gasteiger partial charge on any atom is 0.0839 e. The fraction of sp³-hybridized carbons (Fsp3) is 0.400. The molecule has 1 unspecified atom stereocenters. The number of nitrogens with one attached hydrogen (secondary N) is 1. The van der Waals surface area contributed by atoms with Crippen LogP contribution >= 0.6 is 15.9 Å². The highest BCUT2D eigenvalue weighted by Gasteiger charge is 2.19. The molecule has 0 aliphatic heterocycles. The van der Waals surface area contributed by atoms with Crippen molar-refractivity contribution in [3.8, 4) is 0 Å². The van der Waals surface area contributed by atoms with E-state index in [2.05, 4.69) is 64.5 Å². The van der Waals surface area contributed by atoms with Crippen molar-refractivity contribution in [1.29, 1.82) is 0 Å². The van der Waals surface area contributed by atoms with Crippen LogP contribution in [0.2, 0.25) is 0 Å². The molecule has 0 bridgehead atoms. The lowest BCUT2D eigenvalue weighted by molar-refractivity contribution is 0.573. The summed E-state index contributed by atoms with van der Waals surface area (Å²) in [6.07, 6.45) is 3.09. The average molecular weight is 322 g/mol. The van der Waals surface area contributed by atoms with E-state index in [-0.39, 0.29) is 6.04 Å². The normalized spacial score (nSPS) is 12.6. The van der Waals surface area contributed by atoms with Gasteiger partial charge in [-0.2, -0.15) is 5.10 Å². The van der Waals surface area contributed by atoms with Gasteiger partial charge in [0.2, 0.25) is 0 Å². The van der Waals surface area contributed by atoms with E-state index in [0.717, 1.165) is 23.1 Å². The molecule has 0 amide bonds. The number of aromatic nitrogens is 2. The van der Waals surface area contributed by atoms with Gasteiger partial charge in [0.05, 0.1) is 11.7 Å². The Morgan fingerprint density at radius 2 is 2.16 bits per heavy atom. The Hall–Kier alpha value is -1.13. The molecule has 1 atom stereocenters. The number of nitrogens with zero attached hydrogens (tertiary/aromatic N) is 2. The number of hydrogen-bond donors (Lipinski definition) is 1. The van der Waals surface area contributed by atoms with Gasteiger partial charge in [-0.05, 0) is 37.1 Å². The van der Waals surface area contributed by atoms with Gasteiger partial charge in [-0.1, -0.05) is 41.1 Å². The second-order valence-corrected chi connectivity index (χ2v) is 5.57. The summed E-state index contributed by atoms with van der Waals surface area (Å²) < 4.78 is 3.01. The Labute approximate surface area is 123 Å². The van der Waals surface area contributed by atoms with Crippen LogP contribution in [0.3, 0.4) is 0 Å². The molecule has 2 aromatic rings. The van der Waals surface area contributed by atoms with Crippen LogP contribution in [0.1, 0.15) is 36.2 Å². The molecule has 0 spiro atoms. The molecule has 102 valence electrons. The zero-order valence-corrected chi connectivity index (χ0v) is 13.2. The number of hydrogen-bond acceptors (Lipinski definition) is 2. The van der Waals surface area contributed by atoms with E-state index in [0.29, 0.717) is 0 Å². The van der Waals surface area contributed by atoms with Crippen LogP contribution in [0.15, 0.2) is 34.9 Å². The van der Waals surface area contributed by atoms with Crippen molar-refractivity contribution in [2.24, 2.45) is 7.05 Å². The molecule has 0 saturated heterocycles. The van der Waals surface area contributed by atoms with Gasteiger partial charge in [-0.3, -0.25) is 4.68 Å². The Bertz CT molecular complexity index is 548. The van der Waals surface area contributed by atoms with Gasteiger partial charge in [0, 0.05) is 17.7 Å². The second kappa shape index (κ2) is 6.35. The van der Waals surface area contributed by atoms with E-state index in [1.807, 2.05) is 17.9 Å². The van der Waals surface area contributed by atoms with Gasteiger partial charge in [-0.15, -0.1) is 0 Å². The van der Waals surface area contributed by atoms with Gasteiger partial charge >= 0.3 is 0 Å². The van der Waals surface area contributed by atoms with Crippen LogP contribution in [0.5, 0.6) is 0 Å². The molecule has 3 nitrogen and oxygen atoms in total. The van der Waals surface area contributed by atoms with Crippen LogP contribution in [0, 0.1) is 6.92 Å². The molecular formula is C15H20BrN3. The van der Waals surface area contributed by atoms with Crippen LogP contribution in [-0.4, -0.2) is 16.3 Å². The lowest BCUT2D eigenvalue weighted by Crippen LogP contribution is -2.24. The number of halogens is 1. The van der Waals surface area contributed by atoms with E-state index in [4.69, 9.17) is 0 Å². The fourth-order valence-corrected chi connectivity index (χ4v) is 2.64. The van der Waals surface area contributed by atoms with Crippen molar-refractivity contribution in [3.63, 3.8) is 0 Å². The number of benzene rings is 1. The first-order valence-corrected chi connectivity index (χ1v) is 7.40. The lowest BCUT2D eigenvalue weighted by Gasteiger charge is -2.19. The maximum atomic E-state index is 4.54. The maximum absolute atomic E-state index is 4.54. The first-order valence-electron chi connectivity index (χ1n) is 6.61. The van der Waals surface area contributed by atoms with Gasteiger partial charge in [-0.25, -0.2) is 0 Å². The predicted octanol–water partition coefficient (Wildman–Crippen LogP) is 3.58. The first kappa shape index (κ1) is 14.3. The fourth-order valence-electron chi connectivity index (χ4n) is 2.14. The molecule has 1 N–H and O–H groups in total. The summed E-state index contributed by atoms with van der Waals surface area (Å²) in [6, 6.07) is 8.57. The van der Waals surface area contributed by atoms with Crippen LogP contribution in [0.4, 0.5) is 0 Å². The third-order valence-electron chi connectivity index (χ3n) is 3.16. The van der Waals surface area contributed by atoms with Crippen molar-refractivity contribution >= 4 is 15.9 Å². The van der Waals surface area contributed by atoms with E-state index in [9.17, 15) is 0 Å². The summed E-state index contributed by atoms with van der Waals surface area (Å²) >= 11 is 3.70. The Kier molecular flexibility index (Phi) is 4.77. The van der Waals surface area contributed by atoms with Crippen molar-refractivity contribution in [3.05, 3.63) is 51.8 Å². The quantitative estimate of drug-likeness (QED) is 0.912. The Morgan fingerprint density at radius 3 is 2.79 bits per heavy atom. The highest BCUT2D eigenvalue weighted by atomic mass is 79.9. The standard InChI is InChI=1S/C15H20BrN3/c1-4-9-17-15(13-8-10-19(3)18-13)12-7-5-6-11(2)14(12)16/h5-8,10,15,17H,4,9H2,1-3H3. The van der Waals surface area contributed by atoms with Gasteiger partial charge in [0.25, 0.3) is 0 Å². The van der Waals surface area contributed by atoms with Crippen molar-refractivity contribution in [1.82, 2.24) is 15.1 Å². The summed E-state index contributed by atoms with van der Waals surface area (Å²) in [5, 5.41) is 8.12. The summed E-state index contributed by atoms with van der Waals surface area (Å²) in [5.41, 5.74) is 3.55.